The molecular weight excluding hydrogens is 360 g/mol. The lowest BCUT2D eigenvalue weighted by Crippen LogP contribution is -2.22. The summed E-state index contributed by atoms with van der Waals surface area (Å²) < 4.78 is 0. The first-order chi connectivity index (χ1) is 14.1. The highest BCUT2D eigenvalue weighted by atomic mass is 16.4. The number of carbonyl (C=O) groups is 1. The van der Waals surface area contributed by atoms with Gasteiger partial charge in [0.25, 0.3) is 0 Å². The Morgan fingerprint density at radius 3 is 2.79 bits per heavy atom. The molecule has 0 unspecified atom stereocenters. The van der Waals surface area contributed by atoms with E-state index in [0.717, 1.165) is 25.1 Å². The highest BCUT2D eigenvalue weighted by molar-refractivity contribution is 5.89. The van der Waals surface area contributed by atoms with Gasteiger partial charge in [-0.15, -0.1) is 0 Å². The summed E-state index contributed by atoms with van der Waals surface area (Å²) in [5, 5.41) is 9.44. The summed E-state index contributed by atoms with van der Waals surface area (Å²) in [6.07, 6.45) is 4.83. The van der Waals surface area contributed by atoms with E-state index >= 15 is 0 Å². The molecule has 4 nitrogen and oxygen atoms in total. The number of fused-ring (bicyclic) bond motifs is 1. The third-order valence-corrected chi connectivity index (χ3v) is 6.00. The normalized spacial score (nSPS) is 16.0. The van der Waals surface area contributed by atoms with E-state index in [-0.39, 0.29) is 0 Å². The Hall–Kier alpha value is -2.98. The van der Waals surface area contributed by atoms with Gasteiger partial charge in [-0.2, -0.15) is 0 Å². The van der Waals surface area contributed by atoms with Crippen LogP contribution in [-0.4, -0.2) is 27.5 Å². The second-order valence-corrected chi connectivity index (χ2v) is 7.68. The summed E-state index contributed by atoms with van der Waals surface area (Å²) in [7, 11) is 0. The van der Waals surface area contributed by atoms with Crippen LogP contribution in [0.25, 0.3) is 11.1 Å². The zero-order valence-corrected chi connectivity index (χ0v) is 16.9. The standard InChI is InChI=1S/C25H26N2O2/c1-3-27-16-20-14-18(21-7-5-4-6-17(21)2)8-10-22(20)24(27)11-9-19-15-26-13-12-23(19)25(28)29/h4-8,10,12-15,24H,3,9,11,16H2,1-2H3,(H,28,29)/t24-/m0/s1. The van der Waals surface area contributed by atoms with Crippen molar-refractivity contribution in [1.82, 2.24) is 9.88 Å². The van der Waals surface area contributed by atoms with Crippen molar-refractivity contribution in [3.05, 3.63) is 88.7 Å². The summed E-state index contributed by atoms with van der Waals surface area (Å²) in [5.74, 6) is -0.885. The molecule has 148 valence electrons. The zero-order chi connectivity index (χ0) is 20.4. The average molecular weight is 386 g/mol. The highest BCUT2D eigenvalue weighted by Gasteiger charge is 2.29. The van der Waals surface area contributed by atoms with Crippen molar-refractivity contribution >= 4 is 5.97 Å². The van der Waals surface area contributed by atoms with Crippen LogP contribution in [0.1, 0.15) is 52.0 Å². The van der Waals surface area contributed by atoms with Gasteiger partial charge >= 0.3 is 5.97 Å². The number of rotatable bonds is 6. The van der Waals surface area contributed by atoms with Gasteiger partial charge in [0.05, 0.1) is 5.56 Å². The number of aromatic nitrogens is 1. The minimum atomic E-state index is -0.885. The van der Waals surface area contributed by atoms with Crippen LogP contribution in [0.4, 0.5) is 0 Å². The molecule has 4 rings (SSSR count). The molecule has 0 amide bonds. The maximum absolute atomic E-state index is 11.5. The summed E-state index contributed by atoms with van der Waals surface area (Å²) in [5.41, 5.74) is 7.73. The van der Waals surface area contributed by atoms with Gasteiger partial charge in [0.1, 0.15) is 0 Å². The van der Waals surface area contributed by atoms with Gasteiger partial charge in [-0.1, -0.05) is 43.3 Å². The van der Waals surface area contributed by atoms with Crippen molar-refractivity contribution in [1.29, 1.82) is 0 Å². The molecule has 4 heteroatoms. The Balaban J connectivity index is 1.60. The minimum absolute atomic E-state index is 0.308. The van der Waals surface area contributed by atoms with Crippen LogP contribution < -0.4 is 0 Å². The predicted octanol–water partition coefficient (Wildman–Crippen LogP) is 5.26. The van der Waals surface area contributed by atoms with Crippen LogP contribution in [-0.2, 0) is 13.0 Å². The zero-order valence-electron chi connectivity index (χ0n) is 16.9. The average Bonchev–Trinajstić information content (AvgIpc) is 3.09. The molecule has 1 aliphatic heterocycles. The molecule has 0 radical (unpaired) electrons. The Labute approximate surface area is 171 Å². The number of carboxylic acids is 1. The molecule has 2 aromatic carbocycles. The number of hydrogen-bond acceptors (Lipinski definition) is 3. The van der Waals surface area contributed by atoms with Crippen LogP contribution >= 0.6 is 0 Å². The van der Waals surface area contributed by atoms with Crippen LogP contribution in [0, 0.1) is 6.92 Å². The minimum Gasteiger partial charge on any atom is -0.478 e. The van der Waals surface area contributed by atoms with Crippen molar-refractivity contribution < 1.29 is 9.90 Å². The van der Waals surface area contributed by atoms with Gasteiger partial charge in [-0.05, 0) is 71.8 Å². The maximum Gasteiger partial charge on any atom is 0.336 e. The van der Waals surface area contributed by atoms with Crippen LogP contribution in [0.3, 0.4) is 0 Å². The smallest absolute Gasteiger partial charge is 0.336 e. The number of pyridine rings is 1. The van der Waals surface area contributed by atoms with Crippen molar-refractivity contribution in [2.45, 2.75) is 39.3 Å². The van der Waals surface area contributed by atoms with Crippen molar-refractivity contribution in [2.24, 2.45) is 0 Å². The fourth-order valence-corrected chi connectivity index (χ4v) is 4.46. The van der Waals surface area contributed by atoms with E-state index in [4.69, 9.17) is 0 Å². The van der Waals surface area contributed by atoms with Gasteiger partial charge in [0.15, 0.2) is 0 Å². The SMILES string of the molecule is CCN1Cc2cc(-c3ccccc3C)ccc2[C@@H]1CCc1cnccc1C(=O)O. The van der Waals surface area contributed by atoms with Gasteiger partial charge in [-0.3, -0.25) is 9.88 Å². The van der Waals surface area contributed by atoms with Crippen LogP contribution in [0.15, 0.2) is 60.9 Å². The molecule has 1 atom stereocenters. The van der Waals surface area contributed by atoms with E-state index in [1.54, 1.807) is 18.5 Å². The van der Waals surface area contributed by atoms with Gasteiger partial charge < -0.3 is 5.11 Å². The second kappa shape index (κ2) is 8.18. The number of aromatic carboxylic acids is 1. The first kappa shape index (κ1) is 19.3. The third kappa shape index (κ3) is 3.81. The lowest BCUT2D eigenvalue weighted by Gasteiger charge is -2.23. The Kier molecular flexibility index (Phi) is 5.45. The molecule has 0 saturated carbocycles. The van der Waals surface area contributed by atoms with E-state index in [2.05, 4.69) is 66.2 Å². The molecular formula is C25H26N2O2. The lowest BCUT2D eigenvalue weighted by molar-refractivity contribution is 0.0695. The summed E-state index contributed by atoms with van der Waals surface area (Å²) in [4.78, 5) is 18.1. The number of nitrogens with zero attached hydrogens (tertiary/aromatic N) is 2. The quantitative estimate of drug-likeness (QED) is 0.627. The summed E-state index contributed by atoms with van der Waals surface area (Å²) in [6, 6.07) is 17.2. The summed E-state index contributed by atoms with van der Waals surface area (Å²) in [6.45, 7) is 6.25. The topological polar surface area (TPSA) is 53.4 Å². The van der Waals surface area contributed by atoms with E-state index in [0.29, 0.717) is 18.0 Å². The van der Waals surface area contributed by atoms with Gasteiger partial charge in [0.2, 0.25) is 0 Å². The molecule has 1 aliphatic rings. The number of aryl methyl sites for hydroxylation is 2. The lowest BCUT2D eigenvalue weighted by atomic mass is 9.93. The van der Waals surface area contributed by atoms with Crippen molar-refractivity contribution in [3.63, 3.8) is 0 Å². The fraction of sp³-hybridized carbons (Fsp3) is 0.280. The summed E-state index contributed by atoms with van der Waals surface area (Å²) >= 11 is 0. The molecule has 1 aromatic heterocycles. The first-order valence-electron chi connectivity index (χ1n) is 10.2. The number of hydrogen-bond donors (Lipinski definition) is 1. The van der Waals surface area contributed by atoms with E-state index in [1.807, 2.05) is 0 Å². The second-order valence-electron chi connectivity index (χ2n) is 7.68. The van der Waals surface area contributed by atoms with Crippen LogP contribution in [0.5, 0.6) is 0 Å². The Bertz CT molecular complexity index is 1040. The molecule has 3 aromatic rings. The van der Waals surface area contributed by atoms with Gasteiger partial charge in [0, 0.05) is 25.0 Å². The monoisotopic (exact) mass is 386 g/mol. The van der Waals surface area contributed by atoms with E-state index in [1.165, 1.54) is 27.8 Å². The first-order valence-corrected chi connectivity index (χ1v) is 10.2. The van der Waals surface area contributed by atoms with E-state index < -0.39 is 5.97 Å². The van der Waals surface area contributed by atoms with Crippen molar-refractivity contribution in [2.75, 3.05) is 6.54 Å². The largest absolute Gasteiger partial charge is 0.478 e. The molecule has 29 heavy (non-hydrogen) atoms. The fourth-order valence-electron chi connectivity index (χ4n) is 4.46. The molecule has 0 bridgehead atoms. The van der Waals surface area contributed by atoms with Gasteiger partial charge in [-0.25, -0.2) is 4.79 Å². The maximum atomic E-state index is 11.5. The number of carboxylic acid groups (broad SMARTS) is 1. The van der Waals surface area contributed by atoms with Crippen LogP contribution in [0.2, 0.25) is 0 Å². The molecule has 0 fully saturated rings. The Morgan fingerprint density at radius 2 is 2.03 bits per heavy atom. The molecule has 1 N–H and O–H groups in total. The van der Waals surface area contributed by atoms with E-state index in [9.17, 15) is 9.90 Å². The predicted molar refractivity (Wildman–Crippen MR) is 115 cm³/mol. The molecule has 2 heterocycles. The van der Waals surface area contributed by atoms with Crippen molar-refractivity contribution in [3.8, 4) is 11.1 Å². The Morgan fingerprint density at radius 1 is 1.21 bits per heavy atom. The third-order valence-electron chi connectivity index (χ3n) is 6.00. The molecule has 0 spiro atoms. The number of benzene rings is 2. The highest BCUT2D eigenvalue weighted by Crippen LogP contribution is 2.39. The molecule has 0 aliphatic carbocycles. The molecule has 0 saturated heterocycles.